The van der Waals surface area contributed by atoms with Crippen LogP contribution in [-0.4, -0.2) is 27.3 Å². The van der Waals surface area contributed by atoms with Gasteiger partial charge in [-0.1, -0.05) is 19.1 Å². The van der Waals surface area contributed by atoms with Crippen LogP contribution in [0.15, 0.2) is 18.2 Å². The molecule has 0 saturated heterocycles. The highest BCUT2D eigenvalue weighted by Crippen LogP contribution is 2.28. The van der Waals surface area contributed by atoms with Gasteiger partial charge in [0.25, 0.3) is 0 Å². The van der Waals surface area contributed by atoms with Gasteiger partial charge in [0.05, 0.1) is 11.4 Å². The first-order valence-corrected chi connectivity index (χ1v) is 8.59. The van der Waals surface area contributed by atoms with Gasteiger partial charge in [0.2, 0.25) is 10.0 Å². The molecule has 0 radical (unpaired) electrons. The molecule has 2 rings (SSSR count). The summed E-state index contributed by atoms with van der Waals surface area (Å²) in [5, 5.41) is 3.03. The third-order valence-electron chi connectivity index (χ3n) is 3.46. The first kappa shape index (κ1) is 14.3. The van der Waals surface area contributed by atoms with Crippen LogP contribution in [0.5, 0.6) is 0 Å². The highest BCUT2D eigenvalue weighted by Gasteiger charge is 2.16. The van der Waals surface area contributed by atoms with E-state index < -0.39 is 10.0 Å². The molecule has 1 aliphatic carbocycles. The predicted molar refractivity (Wildman–Crippen MR) is 79.0 cm³/mol. The van der Waals surface area contributed by atoms with E-state index in [0.717, 1.165) is 31.5 Å². The van der Waals surface area contributed by atoms with Crippen molar-refractivity contribution in [2.45, 2.75) is 32.6 Å². The average Bonchev–Trinajstić information content (AvgIpc) is 2.39. The zero-order valence-electron chi connectivity index (χ0n) is 11.4. The molecule has 106 valence electrons. The molecule has 0 aliphatic heterocycles. The molecular formula is C14H22N2O2S. The van der Waals surface area contributed by atoms with Crippen molar-refractivity contribution in [1.29, 1.82) is 0 Å². The highest BCUT2D eigenvalue weighted by atomic mass is 32.2. The number of aryl methyl sites for hydroxylation is 1. The summed E-state index contributed by atoms with van der Waals surface area (Å²) in [5.41, 5.74) is 3.24. The lowest BCUT2D eigenvalue weighted by Gasteiger charge is -2.20. The van der Waals surface area contributed by atoms with Gasteiger partial charge in [-0.2, -0.15) is 0 Å². The van der Waals surface area contributed by atoms with E-state index in [4.69, 9.17) is 0 Å². The fourth-order valence-corrected chi connectivity index (χ4v) is 3.52. The van der Waals surface area contributed by atoms with Crippen molar-refractivity contribution >= 4 is 15.7 Å². The summed E-state index contributed by atoms with van der Waals surface area (Å²) < 4.78 is 26.8. The molecule has 0 fully saturated rings. The topological polar surface area (TPSA) is 58.2 Å². The predicted octanol–water partition coefficient (Wildman–Crippen LogP) is 1.92. The molecule has 1 aliphatic rings. The number of hydrogen-bond acceptors (Lipinski definition) is 3. The van der Waals surface area contributed by atoms with Crippen LogP contribution in [0.1, 0.15) is 30.9 Å². The molecule has 0 bridgehead atoms. The van der Waals surface area contributed by atoms with Gasteiger partial charge in [-0.05, 0) is 49.4 Å². The number of rotatable bonds is 6. The Kier molecular flexibility index (Phi) is 4.82. The third-order valence-corrected chi connectivity index (χ3v) is 4.73. The molecule has 0 heterocycles. The van der Waals surface area contributed by atoms with Crippen LogP contribution in [0.2, 0.25) is 0 Å². The minimum atomic E-state index is -3.25. The lowest BCUT2D eigenvalue weighted by Crippen LogP contribution is -2.27. The van der Waals surface area contributed by atoms with E-state index in [2.05, 4.69) is 16.1 Å². The Morgan fingerprint density at radius 1 is 1.21 bits per heavy atom. The van der Waals surface area contributed by atoms with E-state index in [1.54, 1.807) is 0 Å². The Morgan fingerprint density at radius 2 is 2.00 bits per heavy atom. The van der Waals surface area contributed by atoms with E-state index in [9.17, 15) is 8.42 Å². The highest BCUT2D eigenvalue weighted by molar-refractivity contribution is 7.92. The van der Waals surface area contributed by atoms with E-state index in [1.165, 1.54) is 17.5 Å². The van der Waals surface area contributed by atoms with Gasteiger partial charge in [-0.15, -0.1) is 0 Å². The van der Waals surface area contributed by atoms with E-state index in [0.29, 0.717) is 6.54 Å². The molecule has 0 spiro atoms. The molecule has 0 unspecified atom stereocenters. The van der Waals surface area contributed by atoms with Gasteiger partial charge >= 0.3 is 0 Å². The van der Waals surface area contributed by atoms with Crippen molar-refractivity contribution in [3.05, 3.63) is 29.3 Å². The molecule has 2 N–H and O–H groups in total. The maximum Gasteiger partial charge on any atom is 0.233 e. The Bertz CT molecular complexity index is 526. The number of hydrogen-bond donors (Lipinski definition) is 2. The van der Waals surface area contributed by atoms with Crippen molar-refractivity contribution in [2.75, 3.05) is 23.6 Å². The molecule has 4 nitrogen and oxygen atoms in total. The summed E-state index contributed by atoms with van der Waals surface area (Å²) in [7, 11) is -3.25. The number of nitrogens with one attached hydrogen (secondary N) is 2. The maximum absolute atomic E-state index is 12.0. The summed E-state index contributed by atoms with van der Waals surface area (Å²) in [4.78, 5) is 0. The van der Waals surface area contributed by atoms with Crippen LogP contribution in [0, 0.1) is 0 Å². The minimum Gasteiger partial charge on any atom is -0.316 e. The Morgan fingerprint density at radius 3 is 2.79 bits per heavy atom. The third kappa shape index (κ3) is 3.94. The Hall–Kier alpha value is -1.07. The summed E-state index contributed by atoms with van der Waals surface area (Å²) in [6, 6.07) is 5.91. The summed E-state index contributed by atoms with van der Waals surface area (Å²) in [5.74, 6) is 0.116. The lowest BCUT2D eigenvalue weighted by molar-refractivity contribution is 0.597. The molecule has 0 amide bonds. The second-order valence-corrected chi connectivity index (χ2v) is 6.77. The minimum absolute atomic E-state index is 0.116. The summed E-state index contributed by atoms with van der Waals surface area (Å²) in [6.07, 6.45) is 4.37. The Labute approximate surface area is 115 Å². The first-order chi connectivity index (χ1) is 9.12. The van der Waals surface area contributed by atoms with Crippen molar-refractivity contribution in [2.24, 2.45) is 0 Å². The van der Waals surface area contributed by atoms with E-state index in [-0.39, 0.29) is 5.75 Å². The molecule has 19 heavy (non-hydrogen) atoms. The van der Waals surface area contributed by atoms with Crippen LogP contribution >= 0.6 is 0 Å². The summed E-state index contributed by atoms with van der Waals surface area (Å²) >= 11 is 0. The lowest BCUT2D eigenvalue weighted by atomic mass is 9.91. The fourth-order valence-electron chi connectivity index (χ4n) is 2.48. The summed E-state index contributed by atoms with van der Waals surface area (Å²) in [6.45, 7) is 3.24. The molecule has 1 aromatic rings. The number of sulfonamides is 1. The van der Waals surface area contributed by atoms with Gasteiger partial charge < -0.3 is 5.32 Å². The second kappa shape index (κ2) is 6.39. The van der Waals surface area contributed by atoms with Crippen molar-refractivity contribution in [3.8, 4) is 0 Å². The molecule has 0 aromatic heterocycles. The average molecular weight is 282 g/mol. The first-order valence-electron chi connectivity index (χ1n) is 6.94. The van der Waals surface area contributed by atoms with Gasteiger partial charge in [0.15, 0.2) is 0 Å². The largest absolute Gasteiger partial charge is 0.316 e. The molecule has 0 saturated carbocycles. The van der Waals surface area contributed by atoms with Gasteiger partial charge in [-0.3, -0.25) is 4.72 Å². The van der Waals surface area contributed by atoms with Crippen molar-refractivity contribution in [1.82, 2.24) is 5.32 Å². The van der Waals surface area contributed by atoms with Crippen LogP contribution in [0.4, 0.5) is 5.69 Å². The van der Waals surface area contributed by atoms with Crippen molar-refractivity contribution in [3.63, 3.8) is 0 Å². The van der Waals surface area contributed by atoms with Gasteiger partial charge in [-0.25, -0.2) is 8.42 Å². The standard InChI is InChI=1S/C14H22N2O2S/c1-2-15-10-11-19(17,18)16-14-9-5-7-12-6-3-4-8-13(12)14/h5,7,9,15-16H,2-4,6,8,10-11H2,1H3. The fraction of sp³-hybridized carbons (Fsp3) is 0.571. The van der Waals surface area contributed by atoms with Crippen LogP contribution in [0.25, 0.3) is 0 Å². The van der Waals surface area contributed by atoms with Crippen LogP contribution in [-0.2, 0) is 22.9 Å². The van der Waals surface area contributed by atoms with Crippen LogP contribution < -0.4 is 10.0 Å². The van der Waals surface area contributed by atoms with Gasteiger partial charge in [0, 0.05) is 6.54 Å². The maximum atomic E-state index is 12.0. The smallest absolute Gasteiger partial charge is 0.233 e. The van der Waals surface area contributed by atoms with Crippen LogP contribution in [0.3, 0.4) is 0 Å². The van der Waals surface area contributed by atoms with E-state index in [1.807, 2.05) is 19.1 Å². The molecule has 0 atom stereocenters. The number of anilines is 1. The number of benzene rings is 1. The Balaban J connectivity index is 2.10. The van der Waals surface area contributed by atoms with E-state index >= 15 is 0 Å². The zero-order valence-corrected chi connectivity index (χ0v) is 12.2. The van der Waals surface area contributed by atoms with Crippen molar-refractivity contribution < 1.29 is 8.42 Å². The number of fused-ring (bicyclic) bond motifs is 1. The molecule has 1 aromatic carbocycles. The molecule has 5 heteroatoms. The monoisotopic (exact) mass is 282 g/mol. The quantitative estimate of drug-likeness (QED) is 0.784. The SMILES string of the molecule is CCNCCS(=O)(=O)Nc1cccc2c1CCCC2. The normalized spacial score (nSPS) is 15.0. The second-order valence-electron chi connectivity index (χ2n) is 4.92. The molecular weight excluding hydrogens is 260 g/mol. The zero-order chi connectivity index (χ0) is 13.7. The van der Waals surface area contributed by atoms with Gasteiger partial charge in [0.1, 0.15) is 0 Å².